The molecule has 140 valence electrons. The van der Waals surface area contributed by atoms with Crippen LogP contribution in [0.15, 0.2) is 54.7 Å². The number of anilines is 1. The summed E-state index contributed by atoms with van der Waals surface area (Å²) in [6.45, 7) is 0.277. The number of carbonyl (C=O) groups excluding carboxylic acids is 1. The summed E-state index contributed by atoms with van der Waals surface area (Å²) < 4.78 is 52.7. The first-order chi connectivity index (χ1) is 12.7. The number of aromatic nitrogens is 2. The molecule has 27 heavy (non-hydrogen) atoms. The fourth-order valence-electron chi connectivity index (χ4n) is 2.36. The molecule has 0 unspecified atom stereocenters. The van der Waals surface area contributed by atoms with E-state index >= 15 is 0 Å². The minimum absolute atomic E-state index is 0.0150. The maximum absolute atomic E-state index is 12.9. The van der Waals surface area contributed by atoms with Crippen molar-refractivity contribution in [3.05, 3.63) is 82.3 Å². The Morgan fingerprint density at radius 1 is 1.15 bits per heavy atom. The molecule has 0 saturated carbocycles. The average Bonchev–Trinajstić information content (AvgIpc) is 2.95. The lowest BCUT2D eigenvalue weighted by atomic mass is 10.1. The molecule has 9 heteroatoms. The van der Waals surface area contributed by atoms with E-state index in [0.717, 1.165) is 23.8 Å². The lowest BCUT2D eigenvalue weighted by Gasteiger charge is -2.08. The van der Waals surface area contributed by atoms with Crippen LogP contribution < -0.4 is 5.32 Å². The molecule has 0 saturated heterocycles. The third-order valence-corrected chi connectivity index (χ3v) is 3.94. The van der Waals surface area contributed by atoms with Crippen molar-refractivity contribution in [1.29, 1.82) is 0 Å². The van der Waals surface area contributed by atoms with Gasteiger partial charge < -0.3 is 5.32 Å². The molecule has 1 amide bonds. The van der Waals surface area contributed by atoms with E-state index in [2.05, 4.69) is 10.4 Å². The summed E-state index contributed by atoms with van der Waals surface area (Å²) in [6.07, 6.45) is -3.10. The third kappa shape index (κ3) is 4.65. The van der Waals surface area contributed by atoms with E-state index in [1.165, 1.54) is 29.1 Å². The lowest BCUT2D eigenvalue weighted by Crippen LogP contribution is -2.15. The highest BCUT2D eigenvalue weighted by atomic mass is 35.5. The molecule has 0 atom stereocenters. The monoisotopic (exact) mass is 397 g/mol. The molecule has 0 radical (unpaired) electrons. The first-order valence-electron chi connectivity index (χ1n) is 7.68. The normalized spacial score (nSPS) is 11.4. The molecular formula is C18H12ClF4N3O. The van der Waals surface area contributed by atoms with Crippen LogP contribution in [0.3, 0.4) is 0 Å². The van der Waals surface area contributed by atoms with Gasteiger partial charge in [-0.1, -0.05) is 29.8 Å². The Bertz CT molecular complexity index is 967. The predicted octanol–water partition coefficient (Wildman–Crippen LogP) is 5.00. The third-order valence-electron chi connectivity index (χ3n) is 3.66. The number of amides is 1. The molecule has 1 N–H and O–H groups in total. The summed E-state index contributed by atoms with van der Waals surface area (Å²) in [5.74, 6) is -1.12. The highest BCUT2D eigenvalue weighted by Gasteiger charge is 2.31. The van der Waals surface area contributed by atoms with E-state index in [4.69, 9.17) is 11.6 Å². The standard InChI is InChI=1S/C18H12ClF4N3O/c19-15-10-26(9-11-4-6-14(20)7-5-11)25-16(15)24-17(27)12-2-1-3-13(8-12)18(21,22)23/h1-8,10H,9H2,(H,24,25,27). The average molecular weight is 398 g/mol. The minimum Gasteiger partial charge on any atom is -0.304 e. The molecule has 0 aliphatic heterocycles. The molecule has 0 aliphatic carbocycles. The summed E-state index contributed by atoms with van der Waals surface area (Å²) in [6, 6.07) is 9.78. The number of nitrogens with one attached hydrogen (secondary N) is 1. The van der Waals surface area contributed by atoms with Gasteiger partial charge in [-0.15, -0.1) is 0 Å². The largest absolute Gasteiger partial charge is 0.416 e. The maximum Gasteiger partial charge on any atom is 0.416 e. The Balaban J connectivity index is 1.75. The highest BCUT2D eigenvalue weighted by Crippen LogP contribution is 2.30. The van der Waals surface area contributed by atoms with Crippen molar-refractivity contribution < 1.29 is 22.4 Å². The minimum atomic E-state index is -4.55. The van der Waals surface area contributed by atoms with Crippen molar-refractivity contribution in [3.8, 4) is 0 Å². The second-order valence-corrected chi connectivity index (χ2v) is 6.09. The maximum atomic E-state index is 12.9. The van der Waals surface area contributed by atoms with Crippen LogP contribution in [-0.4, -0.2) is 15.7 Å². The van der Waals surface area contributed by atoms with E-state index in [0.29, 0.717) is 0 Å². The molecule has 3 aromatic rings. The van der Waals surface area contributed by atoms with Crippen molar-refractivity contribution in [3.63, 3.8) is 0 Å². The van der Waals surface area contributed by atoms with E-state index in [9.17, 15) is 22.4 Å². The van der Waals surface area contributed by atoms with E-state index in [1.54, 1.807) is 12.1 Å². The zero-order valence-electron chi connectivity index (χ0n) is 13.6. The second-order valence-electron chi connectivity index (χ2n) is 5.68. The fraction of sp³-hybridized carbons (Fsp3) is 0.111. The molecule has 0 spiro atoms. The number of hydrogen-bond acceptors (Lipinski definition) is 2. The number of hydrogen-bond donors (Lipinski definition) is 1. The Morgan fingerprint density at radius 3 is 2.52 bits per heavy atom. The van der Waals surface area contributed by atoms with Crippen LogP contribution in [0.25, 0.3) is 0 Å². The SMILES string of the molecule is O=C(Nc1nn(Cc2ccc(F)cc2)cc1Cl)c1cccc(C(F)(F)F)c1. The van der Waals surface area contributed by atoms with Crippen LogP contribution in [0.1, 0.15) is 21.5 Å². The quantitative estimate of drug-likeness (QED) is 0.630. The molecule has 0 fully saturated rings. The van der Waals surface area contributed by atoms with Gasteiger partial charge in [-0.25, -0.2) is 4.39 Å². The smallest absolute Gasteiger partial charge is 0.304 e. The Kier molecular flexibility index (Phi) is 5.18. The number of rotatable bonds is 4. The van der Waals surface area contributed by atoms with Gasteiger partial charge in [0.15, 0.2) is 5.82 Å². The van der Waals surface area contributed by atoms with Crippen LogP contribution in [0.5, 0.6) is 0 Å². The van der Waals surface area contributed by atoms with Crippen LogP contribution in [-0.2, 0) is 12.7 Å². The van der Waals surface area contributed by atoms with Gasteiger partial charge >= 0.3 is 6.18 Å². The van der Waals surface area contributed by atoms with E-state index < -0.39 is 17.6 Å². The van der Waals surface area contributed by atoms with Crippen LogP contribution in [0.2, 0.25) is 5.02 Å². The Hall–Kier alpha value is -2.87. The lowest BCUT2D eigenvalue weighted by molar-refractivity contribution is -0.137. The van der Waals surface area contributed by atoms with Crippen molar-refractivity contribution in [2.24, 2.45) is 0 Å². The van der Waals surface area contributed by atoms with Gasteiger partial charge in [0.25, 0.3) is 5.91 Å². The number of carbonyl (C=O) groups is 1. The molecule has 0 aliphatic rings. The summed E-state index contributed by atoms with van der Waals surface area (Å²) in [5.41, 5.74) is -0.344. The van der Waals surface area contributed by atoms with Gasteiger partial charge in [0, 0.05) is 11.8 Å². The van der Waals surface area contributed by atoms with Gasteiger partial charge in [0.2, 0.25) is 0 Å². The molecule has 1 aromatic heterocycles. The Labute approximate surface area is 156 Å². The zero-order valence-corrected chi connectivity index (χ0v) is 14.4. The van der Waals surface area contributed by atoms with Crippen molar-refractivity contribution in [1.82, 2.24) is 9.78 Å². The summed E-state index contributed by atoms with van der Waals surface area (Å²) in [7, 11) is 0. The second kappa shape index (κ2) is 7.40. The predicted molar refractivity (Wildman–Crippen MR) is 92.1 cm³/mol. The topological polar surface area (TPSA) is 46.9 Å². The first kappa shape index (κ1) is 18.9. The molecule has 2 aromatic carbocycles. The number of alkyl halides is 3. The summed E-state index contributed by atoms with van der Waals surface area (Å²) >= 11 is 6.03. The van der Waals surface area contributed by atoms with Gasteiger partial charge in [0.05, 0.1) is 12.1 Å². The molecule has 3 rings (SSSR count). The van der Waals surface area contributed by atoms with Crippen LogP contribution in [0, 0.1) is 5.82 Å². The van der Waals surface area contributed by atoms with E-state index in [1.807, 2.05) is 0 Å². The van der Waals surface area contributed by atoms with Crippen molar-refractivity contribution in [2.45, 2.75) is 12.7 Å². The molecular weight excluding hydrogens is 386 g/mol. The first-order valence-corrected chi connectivity index (χ1v) is 8.06. The molecule has 0 bridgehead atoms. The number of nitrogens with zero attached hydrogens (tertiary/aromatic N) is 2. The summed E-state index contributed by atoms with van der Waals surface area (Å²) in [5, 5.41) is 6.61. The summed E-state index contributed by atoms with van der Waals surface area (Å²) in [4.78, 5) is 12.2. The Morgan fingerprint density at radius 2 is 1.85 bits per heavy atom. The van der Waals surface area contributed by atoms with Crippen molar-refractivity contribution in [2.75, 3.05) is 5.32 Å². The molecule has 1 heterocycles. The van der Waals surface area contributed by atoms with Gasteiger partial charge in [-0.2, -0.15) is 18.3 Å². The number of halogens is 5. The van der Waals surface area contributed by atoms with Crippen molar-refractivity contribution >= 4 is 23.3 Å². The highest BCUT2D eigenvalue weighted by molar-refractivity contribution is 6.33. The fourth-order valence-corrected chi connectivity index (χ4v) is 2.55. The van der Waals surface area contributed by atoms with Crippen LogP contribution >= 0.6 is 11.6 Å². The van der Waals surface area contributed by atoms with E-state index in [-0.39, 0.29) is 28.8 Å². The van der Waals surface area contributed by atoms with Gasteiger partial charge in [-0.3, -0.25) is 9.48 Å². The van der Waals surface area contributed by atoms with Crippen LogP contribution in [0.4, 0.5) is 23.4 Å². The van der Waals surface area contributed by atoms with Gasteiger partial charge in [-0.05, 0) is 35.9 Å². The zero-order chi connectivity index (χ0) is 19.6. The van der Waals surface area contributed by atoms with Gasteiger partial charge in [0.1, 0.15) is 10.8 Å². The molecule has 4 nitrogen and oxygen atoms in total. The number of benzene rings is 2.